The number of carboxylic acids is 1. The Morgan fingerprint density at radius 3 is 1.77 bits per heavy atom. The Bertz CT molecular complexity index is 1820. The van der Waals surface area contributed by atoms with Gasteiger partial charge in [-0.2, -0.15) is 44.6 Å². The second kappa shape index (κ2) is 19.9. The molecule has 0 aliphatic carbocycles. The van der Waals surface area contributed by atoms with Gasteiger partial charge in [-0.3, -0.25) is 19.2 Å². The summed E-state index contributed by atoms with van der Waals surface area (Å²) in [6.45, 7) is 0.717. The van der Waals surface area contributed by atoms with E-state index in [-0.39, 0.29) is 24.7 Å². The smallest absolute Gasteiger partial charge is 0.490 e. The second-order valence-corrected chi connectivity index (χ2v) is 11.6. The highest BCUT2D eigenvalue weighted by atomic mass is 19.4. The number of carbonyl (C=O) groups excluding carboxylic acids is 4. The Morgan fingerprint density at radius 2 is 1.27 bits per heavy atom. The molecule has 0 unspecified atom stereocenters. The molecule has 0 fully saturated rings. The Morgan fingerprint density at radius 1 is 0.750 bits per heavy atom. The van der Waals surface area contributed by atoms with Crippen LogP contribution in [0.1, 0.15) is 34.7 Å². The zero-order valence-electron chi connectivity index (χ0n) is 28.7. The molecule has 0 radical (unpaired) electrons. The number of nitrogens with two attached hydrogens (primary N) is 1. The van der Waals surface area contributed by atoms with E-state index in [0.29, 0.717) is 29.5 Å². The number of amides is 4. The van der Waals surface area contributed by atoms with Gasteiger partial charge in [-0.05, 0) is 60.4 Å². The van der Waals surface area contributed by atoms with E-state index in [1.54, 1.807) is 42.5 Å². The van der Waals surface area contributed by atoms with Crippen molar-refractivity contribution in [3.63, 3.8) is 0 Å². The average Bonchev–Trinajstić information content (AvgIpc) is 3.10. The number of phenolic OH excluding ortho intramolecular Hbond substituents is 1. The summed E-state index contributed by atoms with van der Waals surface area (Å²) in [7, 11) is 0. The van der Waals surface area contributed by atoms with Gasteiger partial charge in [-0.15, -0.1) is 0 Å². The van der Waals surface area contributed by atoms with Crippen molar-refractivity contribution < 1.29 is 73.7 Å². The number of phenols is 1. The first kappa shape index (κ1) is 46.0. The van der Waals surface area contributed by atoms with Crippen molar-refractivity contribution >= 4 is 35.8 Å². The van der Waals surface area contributed by atoms with Crippen molar-refractivity contribution in [2.75, 3.05) is 6.54 Å². The fourth-order valence-electron chi connectivity index (χ4n) is 4.29. The zero-order chi connectivity index (χ0) is 42.4. The SMILES string of the molecule is C[C@@H](NC(=O)[C@@H](N)Cc1ccc(O)cc1)C(=O)NCC(=O)N[C@@H](Cc1ccccc1)C(=O)N/N=C/c1cc(C(F)(F)F)cc(C(F)(F)F)c1.O=C(O)C(F)(F)F. The Labute approximate surface area is 311 Å². The third kappa shape index (κ3) is 16.0. The molecular weight excluding hydrogens is 775 g/mol. The summed E-state index contributed by atoms with van der Waals surface area (Å²) in [5, 5.41) is 27.1. The molecule has 3 rings (SSSR count). The maximum absolute atomic E-state index is 13.2. The lowest BCUT2D eigenvalue weighted by Gasteiger charge is -2.19. The summed E-state index contributed by atoms with van der Waals surface area (Å²) >= 11 is 0. The number of carbonyl (C=O) groups is 5. The number of halogens is 9. The summed E-state index contributed by atoms with van der Waals surface area (Å²) in [6.07, 6.45) is -14.6. The molecule has 0 bridgehead atoms. The van der Waals surface area contributed by atoms with Gasteiger partial charge in [0.15, 0.2) is 0 Å². The summed E-state index contributed by atoms with van der Waals surface area (Å²) in [5.41, 5.74) is 5.41. The van der Waals surface area contributed by atoms with Crippen LogP contribution in [0.2, 0.25) is 0 Å². The first-order chi connectivity index (χ1) is 25.9. The Kier molecular flexibility index (Phi) is 16.4. The number of hydrazone groups is 1. The van der Waals surface area contributed by atoms with E-state index in [2.05, 4.69) is 21.1 Å². The molecule has 8 N–H and O–H groups in total. The monoisotopic (exact) mass is 808 g/mol. The van der Waals surface area contributed by atoms with E-state index in [1.807, 2.05) is 5.43 Å². The van der Waals surface area contributed by atoms with E-state index < -0.39 is 89.5 Å². The van der Waals surface area contributed by atoms with Gasteiger partial charge in [0.05, 0.1) is 29.9 Å². The molecule has 56 heavy (non-hydrogen) atoms. The summed E-state index contributed by atoms with van der Waals surface area (Å²) in [4.78, 5) is 59.6. The molecule has 3 aromatic rings. The highest BCUT2D eigenvalue weighted by Crippen LogP contribution is 2.36. The number of benzene rings is 3. The van der Waals surface area contributed by atoms with Gasteiger partial charge in [0.25, 0.3) is 5.91 Å². The second-order valence-electron chi connectivity index (χ2n) is 11.6. The topological polar surface area (TPSA) is 212 Å². The number of aliphatic carboxylic acids is 1. The number of alkyl halides is 9. The third-order valence-corrected chi connectivity index (χ3v) is 7.08. The Balaban J connectivity index is 0.00000141. The lowest BCUT2D eigenvalue weighted by atomic mass is 10.1. The van der Waals surface area contributed by atoms with Crippen LogP contribution < -0.4 is 27.1 Å². The van der Waals surface area contributed by atoms with Gasteiger partial charge in [0.2, 0.25) is 17.7 Å². The van der Waals surface area contributed by atoms with Crippen LogP contribution in [-0.2, 0) is 49.2 Å². The maximum atomic E-state index is 13.2. The van der Waals surface area contributed by atoms with Gasteiger partial charge in [0.1, 0.15) is 17.8 Å². The molecule has 13 nitrogen and oxygen atoms in total. The van der Waals surface area contributed by atoms with Crippen molar-refractivity contribution in [2.24, 2.45) is 10.8 Å². The number of hydrogen-bond donors (Lipinski definition) is 7. The molecule has 0 aliphatic heterocycles. The number of hydrogen-bond acceptors (Lipinski definition) is 8. The van der Waals surface area contributed by atoms with Gasteiger partial charge in [-0.25, -0.2) is 10.2 Å². The molecule has 0 aliphatic rings. The van der Waals surface area contributed by atoms with Crippen LogP contribution in [0.3, 0.4) is 0 Å². The molecule has 0 heterocycles. The number of carboxylic acid groups (broad SMARTS) is 1. The number of nitrogens with one attached hydrogen (secondary N) is 4. The van der Waals surface area contributed by atoms with Crippen molar-refractivity contribution in [3.8, 4) is 5.75 Å². The van der Waals surface area contributed by atoms with Crippen LogP contribution in [0, 0.1) is 0 Å². The highest BCUT2D eigenvalue weighted by molar-refractivity contribution is 5.93. The standard InChI is InChI=1S/C32H32F6N6O5.C2HF3O2/c1-18(42-29(48)25(39)13-20-7-9-24(45)10-8-20)28(47)40-17-27(46)43-26(14-19-5-3-2-4-6-19)30(49)44-41-16-21-11-22(31(33,34)35)15-23(12-21)32(36,37)38;3-2(4,5)1(6)7/h2-12,15-16,18,25-26,45H,13-14,17,39H2,1H3,(H,40,47)(H,42,48)(H,43,46)(H,44,49);(H,6,7)/b41-16+;/t18-,25+,26+;/m1./s1. The van der Waals surface area contributed by atoms with Gasteiger partial charge >= 0.3 is 24.5 Å². The average molecular weight is 809 g/mol. The summed E-state index contributed by atoms with van der Waals surface area (Å²) in [6, 6.07) is 11.6. The molecule has 304 valence electrons. The molecule has 3 atom stereocenters. The molecule has 0 aromatic heterocycles. The van der Waals surface area contributed by atoms with Crippen molar-refractivity contribution in [2.45, 2.75) is 56.4 Å². The minimum absolute atomic E-state index is 0.0385. The predicted octanol–water partition coefficient (Wildman–Crippen LogP) is 3.43. The van der Waals surface area contributed by atoms with Crippen LogP contribution in [0.25, 0.3) is 0 Å². The van der Waals surface area contributed by atoms with E-state index in [1.165, 1.54) is 19.1 Å². The quantitative estimate of drug-likeness (QED) is 0.0771. The van der Waals surface area contributed by atoms with Gasteiger partial charge < -0.3 is 31.9 Å². The van der Waals surface area contributed by atoms with Crippen molar-refractivity contribution in [1.29, 1.82) is 0 Å². The van der Waals surface area contributed by atoms with Crippen LogP contribution in [0.15, 0.2) is 77.9 Å². The van der Waals surface area contributed by atoms with E-state index in [9.17, 15) is 63.8 Å². The molecule has 0 saturated carbocycles. The van der Waals surface area contributed by atoms with Crippen molar-refractivity contribution in [3.05, 3.63) is 101 Å². The molecule has 0 spiro atoms. The largest absolute Gasteiger partial charge is 0.508 e. The van der Waals surface area contributed by atoms with Crippen molar-refractivity contribution in [1.82, 2.24) is 21.4 Å². The van der Waals surface area contributed by atoms with Crippen LogP contribution in [0.4, 0.5) is 39.5 Å². The predicted molar refractivity (Wildman–Crippen MR) is 178 cm³/mol. The van der Waals surface area contributed by atoms with Crippen LogP contribution in [-0.4, -0.2) is 76.9 Å². The summed E-state index contributed by atoms with van der Waals surface area (Å²) in [5.74, 6) is -5.94. The normalized spacial score (nSPS) is 13.3. The van der Waals surface area contributed by atoms with Gasteiger partial charge in [0, 0.05) is 6.42 Å². The highest BCUT2D eigenvalue weighted by Gasteiger charge is 2.38. The Hall–Kier alpha value is -6.19. The first-order valence-electron chi connectivity index (χ1n) is 15.7. The minimum Gasteiger partial charge on any atom is -0.508 e. The summed E-state index contributed by atoms with van der Waals surface area (Å²) < 4.78 is 111. The molecule has 22 heteroatoms. The molecule has 3 aromatic carbocycles. The van der Waals surface area contributed by atoms with Gasteiger partial charge in [-0.1, -0.05) is 42.5 Å². The zero-order valence-corrected chi connectivity index (χ0v) is 28.7. The number of aromatic hydroxyl groups is 1. The number of rotatable bonds is 13. The lowest BCUT2D eigenvalue weighted by molar-refractivity contribution is -0.192. The first-order valence-corrected chi connectivity index (χ1v) is 15.7. The number of nitrogens with zero attached hydrogens (tertiary/aromatic N) is 1. The fourth-order valence-corrected chi connectivity index (χ4v) is 4.29. The van der Waals surface area contributed by atoms with E-state index in [0.717, 1.165) is 0 Å². The van der Waals surface area contributed by atoms with Crippen LogP contribution in [0.5, 0.6) is 5.75 Å². The van der Waals surface area contributed by atoms with Crippen LogP contribution >= 0.6 is 0 Å². The maximum Gasteiger partial charge on any atom is 0.490 e. The third-order valence-electron chi connectivity index (χ3n) is 7.08. The molecular formula is C34H33F9N6O7. The fraction of sp³-hybridized carbons (Fsp3) is 0.294. The molecule has 0 saturated heterocycles. The lowest BCUT2D eigenvalue weighted by Crippen LogP contribution is -2.53. The minimum atomic E-state index is -5.08. The van der Waals surface area contributed by atoms with E-state index in [4.69, 9.17) is 15.6 Å². The van der Waals surface area contributed by atoms with E-state index >= 15 is 0 Å². The molecule has 4 amide bonds.